The maximum Gasteiger partial charge on any atom is 0.200 e. The topological polar surface area (TPSA) is 127 Å². The minimum absolute atomic E-state index is 0.168. The van der Waals surface area contributed by atoms with Gasteiger partial charge in [-0.2, -0.15) is 5.21 Å². The van der Waals surface area contributed by atoms with E-state index in [1.165, 1.54) is 12.1 Å². The summed E-state index contributed by atoms with van der Waals surface area (Å²) in [6.07, 6.45) is 0. The molecule has 0 fully saturated rings. The van der Waals surface area contributed by atoms with Gasteiger partial charge >= 0.3 is 0 Å². The number of benzene rings is 1. The van der Waals surface area contributed by atoms with Crippen LogP contribution >= 0.6 is 0 Å². The van der Waals surface area contributed by atoms with Gasteiger partial charge < -0.3 is 20.6 Å². The Morgan fingerprint density at radius 2 is 2.06 bits per heavy atom. The molecule has 0 spiro atoms. The molecule has 0 saturated carbocycles. The number of aromatic nitrogens is 4. The van der Waals surface area contributed by atoms with Crippen molar-refractivity contribution in [2.75, 3.05) is 0 Å². The van der Waals surface area contributed by atoms with Crippen molar-refractivity contribution in [2.45, 2.75) is 19.5 Å². The zero-order valence-corrected chi connectivity index (χ0v) is 9.62. The smallest absolute Gasteiger partial charge is 0.200 e. The summed E-state index contributed by atoms with van der Waals surface area (Å²) in [6, 6.07) is 2.66. The van der Waals surface area contributed by atoms with Crippen molar-refractivity contribution in [3.8, 4) is 17.2 Å². The average molecular weight is 251 g/mol. The zero-order valence-electron chi connectivity index (χ0n) is 9.62. The summed E-state index contributed by atoms with van der Waals surface area (Å²) in [7, 11) is 0. The van der Waals surface area contributed by atoms with Gasteiger partial charge in [0.05, 0.1) is 6.04 Å². The predicted molar refractivity (Wildman–Crippen MR) is 60.9 cm³/mol. The number of phenolic OH excluding ortho intramolecular Hbond substituents is 3. The van der Waals surface area contributed by atoms with Crippen molar-refractivity contribution >= 4 is 0 Å². The zero-order chi connectivity index (χ0) is 13.1. The van der Waals surface area contributed by atoms with E-state index < -0.39 is 5.75 Å². The van der Waals surface area contributed by atoms with Crippen molar-refractivity contribution in [1.82, 2.24) is 25.9 Å². The number of aromatic hydroxyl groups is 3. The molecule has 5 N–H and O–H groups in total. The molecule has 0 radical (unpaired) electrons. The molecule has 8 nitrogen and oxygen atoms in total. The Balaban J connectivity index is 2.05. The van der Waals surface area contributed by atoms with Gasteiger partial charge in [-0.05, 0) is 13.0 Å². The van der Waals surface area contributed by atoms with E-state index >= 15 is 0 Å². The van der Waals surface area contributed by atoms with Gasteiger partial charge in [0, 0.05) is 12.1 Å². The molecule has 0 amide bonds. The van der Waals surface area contributed by atoms with Crippen LogP contribution < -0.4 is 5.32 Å². The SMILES string of the molecule is CC(NCc1ccc(O)c(O)c1O)c1nn[nH]n1. The summed E-state index contributed by atoms with van der Waals surface area (Å²) in [4.78, 5) is 0. The number of nitrogens with zero attached hydrogens (tertiary/aromatic N) is 3. The molecule has 1 atom stereocenters. The second-order valence-corrected chi connectivity index (χ2v) is 3.81. The monoisotopic (exact) mass is 251 g/mol. The lowest BCUT2D eigenvalue weighted by Crippen LogP contribution is -2.19. The molecule has 0 saturated heterocycles. The Hall–Kier alpha value is -2.35. The quantitative estimate of drug-likeness (QED) is 0.490. The Morgan fingerprint density at radius 1 is 1.28 bits per heavy atom. The molecule has 0 aliphatic rings. The Labute approximate surface area is 102 Å². The number of H-pyrrole nitrogens is 1. The largest absolute Gasteiger partial charge is 0.504 e. The first-order valence-corrected chi connectivity index (χ1v) is 5.29. The fourth-order valence-corrected chi connectivity index (χ4v) is 1.46. The third kappa shape index (κ3) is 2.33. The second-order valence-electron chi connectivity index (χ2n) is 3.81. The highest BCUT2D eigenvalue weighted by atomic mass is 16.3. The van der Waals surface area contributed by atoms with Crippen molar-refractivity contribution < 1.29 is 15.3 Å². The van der Waals surface area contributed by atoms with E-state index in [1.807, 2.05) is 6.92 Å². The summed E-state index contributed by atoms with van der Waals surface area (Å²) in [5, 5.41) is 44.7. The maximum absolute atomic E-state index is 9.62. The first kappa shape index (κ1) is 12.1. The Morgan fingerprint density at radius 3 is 2.72 bits per heavy atom. The molecule has 1 heterocycles. The Kier molecular flexibility index (Phi) is 3.28. The number of tetrazole rings is 1. The number of hydrogen-bond donors (Lipinski definition) is 5. The van der Waals surface area contributed by atoms with E-state index in [2.05, 4.69) is 25.9 Å². The molecule has 2 rings (SSSR count). The molecule has 96 valence electrons. The molecule has 1 aromatic heterocycles. The number of hydrogen-bond acceptors (Lipinski definition) is 7. The molecule has 2 aromatic rings. The van der Waals surface area contributed by atoms with E-state index in [-0.39, 0.29) is 24.1 Å². The summed E-state index contributed by atoms with van der Waals surface area (Å²) in [6.45, 7) is 2.12. The van der Waals surface area contributed by atoms with Gasteiger partial charge in [0.25, 0.3) is 0 Å². The van der Waals surface area contributed by atoms with Gasteiger partial charge in [-0.3, -0.25) is 0 Å². The average Bonchev–Trinajstić information content (AvgIpc) is 2.89. The van der Waals surface area contributed by atoms with Crippen LogP contribution in [-0.2, 0) is 6.54 Å². The second kappa shape index (κ2) is 4.88. The van der Waals surface area contributed by atoms with Crippen LogP contribution in [-0.4, -0.2) is 35.9 Å². The number of aromatic amines is 1. The highest BCUT2D eigenvalue weighted by Crippen LogP contribution is 2.36. The molecule has 1 unspecified atom stereocenters. The molecular formula is C10H13N5O3. The van der Waals surface area contributed by atoms with Crippen molar-refractivity contribution in [3.63, 3.8) is 0 Å². The third-order valence-electron chi connectivity index (χ3n) is 2.56. The van der Waals surface area contributed by atoms with Crippen molar-refractivity contribution in [1.29, 1.82) is 0 Å². The van der Waals surface area contributed by atoms with Crippen LogP contribution in [0, 0.1) is 0 Å². The van der Waals surface area contributed by atoms with E-state index in [0.29, 0.717) is 11.4 Å². The minimum atomic E-state index is -0.526. The van der Waals surface area contributed by atoms with Crippen LogP contribution in [0.25, 0.3) is 0 Å². The Bertz CT molecular complexity index is 529. The van der Waals surface area contributed by atoms with E-state index in [0.717, 1.165) is 0 Å². The number of nitrogens with one attached hydrogen (secondary N) is 2. The fraction of sp³-hybridized carbons (Fsp3) is 0.300. The molecule has 0 aliphatic carbocycles. The van der Waals surface area contributed by atoms with Crippen LogP contribution in [0.2, 0.25) is 0 Å². The van der Waals surface area contributed by atoms with Crippen molar-refractivity contribution in [3.05, 3.63) is 23.5 Å². The van der Waals surface area contributed by atoms with Crippen LogP contribution in [0.1, 0.15) is 24.4 Å². The lowest BCUT2D eigenvalue weighted by molar-refractivity contribution is 0.363. The summed E-state index contributed by atoms with van der Waals surface area (Å²) in [5.74, 6) is -0.732. The number of rotatable bonds is 4. The van der Waals surface area contributed by atoms with E-state index in [9.17, 15) is 15.3 Å². The molecule has 0 bridgehead atoms. The van der Waals surface area contributed by atoms with Crippen LogP contribution in [0.15, 0.2) is 12.1 Å². The highest BCUT2D eigenvalue weighted by Gasteiger charge is 2.13. The highest BCUT2D eigenvalue weighted by molar-refractivity contribution is 5.53. The normalized spacial score (nSPS) is 12.5. The maximum atomic E-state index is 9.62. The standard InChI is InChI=1S/C10H13N5O3/c1-5(10-12-14-15-13-10)11-4-6-2-3-7(16)9(18)8(6)17/h2-3,5,11,16-18H,4H2,1H3,(H,12,13,14,15). The van der Waals surface area contributed by atoms with Crippen molar-refractivity contribution in [2.24, 2.45) is 0 Å². The summed E-state index contributed by atoms with van der Waals surface area (Å²) < 4.78 is 0. The molecule has 0 aliphatic heterocycles. The predicted octanol–water partition coefficient (Wildman–Crippen LogP) is 0.167. The minimum Gasteiger partial charge on any atom is -0.504 e. The number of phenols is 3. The van der Waals surface area contributed by atoms with Gasteiger partial charge in [0.15, 0.2) is 17.3 Å². The van der Waals surface area contributed by atoms with Gasteiger partial charge in [-0.25, -0.2) is 0 Å². The van der Waals surface area contributed by atoms with Gasteiger partial charge in [0.2, 0.25) is 5.75 Å². The first-order valence-electron chi connectivity index (χ1n) is 5.29. The van der Waals surface area contributed by atoms with E-state index in [4.69, 9.17) is 0 Å². The molecular weight excluding hydrogens is 238 g/mol. The summed E-state index contributed by atoms with van der Waals surface area (Å²) in [5.41, 5.74) is 0.459. The van der Waals surface area contributed by atoms with Crippen LogP contribution in [0.4, 0.5) is 0 Å². The van der Waals surface area contributed by atoms with Gasteiger partial charge in [0.1, 0.15) is 0 Å². The molecule has 18 heavy (non-hydrogen) atoms. The lowest BCUT2D eigenvalue weighted by atomic mass is 10.1. The summed E-state index contributed by atoms with van der Waals surface area (Å²) >= 11 is 0. The van der Waals surface area contributed by atoms with Crippen LogP contribution in [0.5, 0.6) is 17.2 Å². The first-order chi connectivity index (χ1) is 8.59. The van der Waals surface area contributed by atoms with Gasteiger partial charge in [-0.1, -0.05) is 11.3 Å². The fourth-order valence-electron chi connectivity index (χ4n) is 1.46. The van der Waals surface area contributed by atoms with Gasteiger partial charge in [-0.15, -0.1) is 10.2 Å². The van der Waals surface area contributed by atoms with E-state index in [1.54, 1.807) is 0 Å². The third-order valence-corrected chi connectivity index (χ3v) is 2.56. The molecule has 8 heteroatoms. The van der Waals surface area contributed by atoms with Crippen LogP contribution in [0.3, 0.4) is 0 Å². The lowest BCUT2D eigenvalue weighted by Gasteiger charge is -2.12. The molecule has 1 aromatic carbocycles.